The number of aromatic amines is 1. The maximum atomic E-state index is 14.4. The van der Waals surface area contributed by atoms with Gasteiger partial charge in [-0.2, -0.15) is 0 Å². The first-order valence-corrected chi connectivity index (χ1v) is 9.78. The molecule has 2 aromatic carbocycles. The summed E-state index contributed by atoms with van der Waals surface area (Å²) in [5.74, 6) is 0. The van der Waals surface area contributed by atoms with E-state index in [1.54, 1.807) is 0 Å². The molecule has 4 rings (SSSR count). The maximum absolute atomic E-state index is 14.4. The second kappa shape index (κ2) is 7.39. The maximum Gasteiger partial charge on any atom is 0.678 e. The highest BCUT2D eigenvalue weighted by molar-refractivity contribution is 6.43. The zero-order chi connectivity index (χ0) is 20.7. The smallest absolute Gasteiger partial charge is 0.355 e. The van der Waals surface area contributed by atoms with E-state index in [1.807, 2.05) is 68.5 Å². The summed E-state index contributed by atoms with van der Waals surface area (Å²) >= 11 is 0. The van der Waals surface area contributed by atoms with Crippen LogP contribution in [0, 0.1) is 13.8 Å². The predicted molar refractivity (Wildman–Crippen MR) is 119 cm³/mol. The van der Waals surface area contributed by atoms with Gasteiger partial charge in [0.1, 0.15) is 0 Å². The largest absolute Gasteiger partial charge is 0.678 e. The molecule has 0 aliphatic carbocycles. The molecule has 0 aliphatic heterocycles. The number of fused-ring (bicyclic) bond motifs is 1. The van der Waals surface area contributed by atoms with Crippen LogP contribution in [0.4, 0.5) is 8.63 Å². The van der Waals surface area contributed by atoms with Gasteiger partial charge in [-0.15, -0.1) is 0 Å². The zero-order valence-electron chi connectivity index (χ0n) is 16.9. The lowest BCUT2D eigenvalue weighted by Crippen LogP contribution is -2.18. The van der Waals surface area contributed by atoms with Crippen molar-refractivity contribution < 1.29 is 8.63 Å². The predicted octanol–water partition coefficient (Wildman–Crippen LogP) is 4.83. The Balaban J connectivity index is 2.10. The topological polar surface area (TPSA) is 20.7 Å². The number of aryl methyl sites for hydroxylation is 1. The van der Waals surface area contributed by atoms with Crippen molar-refractivity contribution in [2.24, 2.45) is 0 Å². The number of nitrogens with zero attached hydrogens (tertiary/aromatic N) is 1. The van der Waals surface area contributed by atoms with E-state index in [0.29, 0.717) is 11.4 Å². The number of hydrogen-bond acceptors (Lipinski definition) is 0. The third-order valence-electron chi connectivity index (χ3n) is 5.62. The summed E-state index contributed by atoms with van der Waals surface area (Å²) in [6.07, 6.45) is 2.68. The Morgan fingerprint density at radius 3 is 2.28 bits per heavy atom. The highest BCUT2D eigenvalue weighted by Crippen LogP contribution is 2.35. The molecule has 2 nitrogen and oxygen atoms in total. The van der Waals surface area contributed by atoms with Crippen LogP contribution in [0.2, 0.25) is 0 Å². The number of rotatable bonds is 4. The molecule has 0 spiro atoms. The number of nitrogens with one attached hydrogen (secondary N) is 1. The molecule has 0 bridgehead atoms. The fourth-order valence-corrected chi connectivity index (χ4v) is 4.13. The summed E-state index contributed by atoms with van der Waals surface area (Å²) < 4.78 is 29.9. The minimum atomic E-state index is -2.66. The molecule has 146 valence electrons. The number of halogens is 2. The molecule has 0 aliphatic rings. The van der Waals surface area contributed by atoms with Crippen molar-refractivity contribution in [3.63, 3.8) is 0 Å². The number of hydrogen-bond donors (Lipinski definition) is 1. The first-order chi connectivity index (χ1) is 13.9. The van der Waals surface area contributed by atoms with E-state index >= 15 is 0 Å². The van der Waals surface area contributed by atoms with Crippen LogP contribution in [0.15, 0.2) is 48.5 Å². The first kappa shape index (κ1) is 19.3. The lowest BCUT2D eigenvalue weighted by molar-refractivity contribution is 0.631. The van der Waals surface area contributed by atoms with Gasteiger partial charge in [0.2, 0.25) is 0 Å². The van der Waals surface area contributed by atoms with Gasteiger partial charge in [-0.3, -0.25) is 8.63 Å². The Hall–Kier alpha value is -3.08. The Morgan fingerprint density at radius 1 is 1.03 bits per heavy atom. The molecule has 0 atom stereocenters. The van der Waals surface area contributed by atoms with Crippen LogP contribution >= 0.6 is 0 Å². The lowest BCUT2D eigenvalue weighted by Gasteiger charge is -2.09. The number of benzene rings is 2. The van der Waals surface area contributed by atoms with Crippen LogP contribution in [-0.4, -0.2) is 16.9 Å². The Bertz CT molecular complexity index is 1300. The summed E-state index contributed by atoms with van der Waals surface area (Å²) in [5, 5.41) is 3.29. The van der Waals surface area contributed by atoms with E-state index in [1.165, 1.54) is 0 Å². The second-order valence-electron chi connectivity index (χ2n) is 7.41. The Morgan fingerprint density at radius 2 is 1.69 bits per heavy atom. The van der Waals surface area contributed by atoms with E-state index < -0.39 is 7.40 Å². The molecule has 0 fully saturated rings. The minimum absolute atomic E-state index is 0.498. The number of H-pyrrole nitrogens is 1. The summed E-state index contributed by atoms with van der Waals surface area (Å²) in [4.78, 5) is 3.27. The molecular weight excluding hydrogens is 365 g/mol. The first-order valence-electron chi connectivity index (χ1n) is 9.78. The summed E-state index contributed by atoms with van der Waals surface area (Å²) in [7, 11) is -2.66. The van der Waals surface area contributed by atoms with Crippen LogP contribution < -0.4 is 10.7 Å². The van der Waals surface area contributed by atoms with Crippen molar-refractivity contribution in [2.75, 3.05) is 0 Å². The normalized spacial score (nSPS) is 12.1. The standard InChI is InChI=1S/C24H23BF2N2/c1-5-19-16(3)22(28-17(19)4)14-23-20-8-6-7-9-21(20)24(29(23)25(26)27)18-12-10-15(2)11-13-18/h6-14,28H,4-5H2,1-3H3/b22-14-. The third-order valence-corrected chi connectivity index (χ3v) is 5.62. The van der Waals surface area contributed by atoms with E-state index in [9.17, 15) is 8.63 Å². The third kappa shape index (κ3) is 3.21. The molecule has 5 heteroatoms. The van der Waals surface area contributed by atoms with Crippen LogP contribution in [0.1, 0.15) is 29.3 Å². The van der Waals surface area contributed by atoms with E-state index in [2.05, 4.69) is 18.5 Å². The lowest BCUT2D eigenvalue weighted by atomic mass is 10.0. The summed E-state index contributed by atoms with van der Waals surface area (Å²) in [6, 6.07) is 15.3. The Labute approximate surface area is 169 Å². The summed E-state index contributed by atoms with van der Waals surface area (Å²) in [6.45, 7) is 10.1. The van der Waals surface area contributed by atoms with Crippen molar-refractivity contribution in [3.05, 3.63) is 81.6 Å². The minimum Gasteiger partial charge on any atom is -0.355 e. The second-order valence-corrected chi connectivity index (χ2v) is 7.41. The quantitative estimate of drug-likeness (QED) is 0.484. The van der Waals surface area contributed by atoms with Crippen LogP contribution in [0.25, 0.3) is 34.7 Å². The van der Waals surface area contributed by atoms with Crippen LogP contribution in [-0.2, 0) is 6.42 Å². The van der Waals surface area contributed by atoms with Gasteiger partial charge in [-0.1, -0.05) is 67.6 Å². The Kier molecular flexibility index (Phi) is 4.91. The van der Waals surface area contributed by atoms with Gasteiger partial charge in [0.15, 0.2) is 0 Å². The zero-order valence-corrected chi connectivity index (χ0v) is 16.9. The van der Waals surface area contributed by atoms with Gasteiger partial charge < -0.3 is 9.46 Å². The molecule has 4 aromatic rings. The van der Waals surface area contributed by atoms with Gasteiger partial charge in [-0.05, 0) is 43.0 Å². The molecule has 0 unspecified atom stereocenters. The average molecular weight is 388 g/mol. The van der Waals surface area contributed by atoms with Gasteiger partial charge in [-0.25, -0.2) is 0 Å². The highest BCUT2D eigenvalue weighted by Gasteiger charge is 2.27. The molecule has 0 radical (unpaired) electrons. The van der Waals surface area contributed by atoms with Gasteiger partial charge in [0.25, 0.3) is 0 Å². The van der Waals surface area contributed by atoms with Crippen molar-refractivity contribution >= 4 is 30.8 Å². The molecule has 1 N–H and O–H groups in total. The molecule has 2 aromatic heterocycles. The molecule has 0 saturated carbocycles. The van der Waals surface area contributed by atoms with Crippen molar-refractivity contribution in [1.82, 2.24) is 9.46 Å². The van der Waals surface area contributed by atoms with Gasteiger partial charge in [0.05, 0.1) is 0 Å². The van der Waals surface area contributed by atoms with Crippen LogP contribution in [0.5, 0.6) is 0 Å². The van der Waals surface area contributed by atoms with Gasteiger partial charge >= 0.3 is 7.40 Å². The molecule has 0 amide bonds. The monoisotopic (exact) mass is 388 g/mol. The highest BCUT2D eigenvalue weighted by atomic mass is 19.2. The fraction of sp³-hybridized carbons (Fsp3) is 0.167. The molecule has 29 heavy (non-hydrogen) atoms. The van der Waals surface area contributed by atoms with Crippen molar-refractivity contribution in [3.8, 4) is 11.3 Å². The van der Waals surface area contributed by atoms with Gasteiger partial charge in [0, 0.05) is 32.9 Å². The molecule has 0 saturated heterocycles. The summed E-state index contributed by atoms with van der Waals surface area (Å²) in [5.41, 5.74) is 5.10. The fourth-order valence-electron chi connectivity index (χ4n) is 4.13. The van der Waals surface area contributed by atoms with Crippen molar-refractivity contribution in [1.29, 1.82) is 0 Å². The van der Waals surface area contributed by atoms with E-state index in [0.717, 1.165) is 54.6 Å². The van der Waals surface area contributed by atoms with Crippen LogP contribution in [0.3, 0.4) is 0 Å². The molecule has 2 heterocycles. The van der Waals surface area contributed by atoms with E-state index in [4.69, 9.17) is 0 Å². The molecular formula is C24H23BF2N2. The average Bonchev–Trinajstić information content (AvgIpc) is 3.17. The van der Waals surface area contributed by atoms with Crippen molar-refractivity contribution in [2.45, 2.75) is 27.2 Å². The SMILES string of the molecule is C=c1[nH]/c(=C\c2c3ccccc3c(-c3ccc(C)cc3)n2B(F)F)c(C)c1CC. The number of aromatic nitrogens is 2. The van der Waals surface area contributed by atoms with E-state index in [-0.39, 0.29) is 0 Å².